The number of hydrogen-bond donors (Lipinski definition) is 3. The van der Waals surface area contributed by atoms with Gasteiger partial charge >= 0.3 is 5.97 Å². The Kier molecular flexibility index (Phi) is 9.54. The fourth-order valence-corrected chi connectivity index (χ4v) is 2.38. The summed E-state index contributed by atoms with van der Waals surface area (Å²) < 4.78 is 10.4. The van der Waals surface area contributed by atoms with Gasteiger partial charge in [-0.15, -0.1) is 0 Å². The number of nitrogens with zero attached hydrogens (tertiary/aromatic N) is 1. The SMILES string of the molecule is COc1cc(N/C=C(/C#N)C(=O)NCCCCCC(=O)O)c(OC)cc1Cl. The van der Waals surface area contributed by atoms with Gasteiger partial charge in [-0.3, -0.25) is 9.59 Å². The summed E-state index contributed by atoms with van der Waals surface area (Å²) in [6.07, 6.45) is 3.23. The normalized spacial score (nSPS) is 10.7. The maximum atomic E-state index is 12.1. The first-order valence-corrected chi connectivity index (χ1v) is 8.59. The second-order valence-electron chi connectivity index (χ2n) is 5.46. The van der Waals surface area contributed by atoms with Gasteiger partial charge in [0, 0.05) is 31.3 Å². The molecule has 0 unspecified atom stereocenters. The van der Waals surface area contributed by atoms with Crippen molar-refractivity contribution in [3.05, 3.63) is 28.9 Å². The number of carboxylic acid groups (broad SMARTS) is 1. The van der Waals surface area contributed by atoms with E-state index >= 15 is 0 Å². The number of aliphatic carboxylic acids is 1. The van der Waals surface area contributed by atoms with Crippen LogP contribution in [0.15, 0.2) is 23.9 Å². The van der Waals surface area contributed by atoms with E-state index < -0.39 is 11.9 Å². The Morgan fingerprint density at radius 2 is 1.93 bits per heavy atom. The average molecular weight is 396 g/mol. The van der Waals surface area contributed by atoms with Crippen LogP contribution in [0.5, 0.6) is 11.5 Å². The summed E-state index contributed by atoms with van der Waals surface area (Å²) in [5, 5.41) is 23.6. The first kappa shape index (κ1) is 22.1. The van der Waals surface area contributed by atoms with Gasteiger partial charge in [-0.1, -0.05) is 18.0 Å². The van der Waals surface area contributed by atoms with Crippen LogP contribution in [-0.4, -0.2) is 37.7 Å². The molecule has 0 fully saturated rings. The standard InChI is InChI=1S/C18H22ClN3O5/c1-26-15-9-14(16(27-2)8-13(15)19)22-11-12(10-20)18(25)21-7-5-3-4-6-17(23)24/h8-9,11,22H,3-7H2,1-2H3,(H,21,25)(H,23,24)/b12-11-. The van der Waals surface area contributed by atoms with Crippen molar-refractivity contribution in [3.63, 3.8) is 0 Å². The molecule has 3 N–H and O–H groups in total. The Balaban J connectivity index is 2.66. The third kappa shape index (κ3) is 7.46. The predicted molar refractivity (Wildman–Crippen MR) is 101 cm³/mol. The van der Waals surface area contributed by atoms with Crippen molar-refractivity contribution < 1.29 is 24.2 Å². The molecule has 0 aliphatic rings. The van der Waals surface area contributed by atoms with Gasteiger partial charge in [-0.05, 0) is 12.8 Å². The summed E-state index contributed by atoms with van der Waals surface area (Å²) in [6, 6.07) is 4.97. The van der Waals surface area contributed by atoms with Gasteiger partial charge < -0.3 is 25.2 Å². The zero-order valence-electron chi connectivity index (χ0n) is 15.2. The first-order valence-electron chi connectivity index (χ1n) is 8.21. The van der Waals surface area contributed by atoms with Crippen molar-refractivity contribution in [1.82, 2.24) is 5.32 Å². The molecule has 8 nitrogen and oxygen atoms in total. The molecule has 0 heterocycles. The molecule has 0 saturated carbocycles. The summed E-state index contributed by atoms with van der Waals surface area (Å²) in [5.41, 5.74) is 0.365. The van der Waals surface area contributed by atoms with Gasteiger partial charge in [0.2, 0.25) is 0 Å². The highest BCUT2D eigenvalue weighted by atomic mass is 35.5. The van der Waals surface area contributed by atoms with E-state index in [9.17, 15) is 14.9 Å². The van der Waals surface area contributed by atoms with Gasteiger partial charge in [-0.25, -0.2) is 0 Å². The molecule has 9 heteroatoms. The summed E-state index contributed by atoms with van der Waals surface area (Å²) in [4.78, 5) is 22.5. The molecule has 1 aromatic rings. The van der Waals surface area contributed by atoms with Crippen LogP contribution in [0.3, 0.4) is 0 Å². The van der Waals surface area contributed by atoms with Gasteiger partial charge in [0.1, 0.15) is 23.1 Å². The number of unbranched alkanes of at least 4 members (excludes halogenated alkanes) is 2. The number of ether oxygens (including phenoxy) is 2. The number of nitriles is 1. The molecule has 1 rings (SSSR count). The number of carboxylic acids is 1. The number of benzene rings is 1. The highest BCUT2D eigenvalue weighted by Gasteiger charge is 2.11. The minimum Gasteiger partial charge on any atom is -0.495 e. The number of amides is 1. The summed E-state index contributed by atoms with van der Waals surface area (Å²) in [5.74, 6) is -0.525. The molecular formula is C18H22ClN3O5. The molecule has 0 radical (unpaired) electrons. The fraction of sp³-hybridized carbons (Fsp3) is 0.389. The van der Waals surface area contributed by atoms with Gasteiger partial charge in [0.05, 0.1) is 24.9 Å². The number of nitrogens with one attached hydrogen (secondary N) is 2. The number of methoxy groups -OCH3 is 2. The molecule has 0 aliphatic carbocycles. The van der Waals surface area contributed by atoms with Crippen molar-refractivity contribution in [2.45, 2.75) is 25.7 Å². The van der Waals surface area contributed by atoms with E-state index in [0.29, 0.717) is 48.0 Å². The number of rotatable bonds is 11. The molecule has 0 aliphatic heterocycles. The minimum absolute atomic E-state index is 0.105. The van der Waals surface area contributed by atoms with Crippen LogP contribution < -0.4 is 20.1 Å². The fourth-order valence-electron chi connectivity index (χ4n) is 2.15. The van der Waals surface area contributed by atoms with Gasteiger partial charge in [0.15, 0.2) is 0 Å². The van der Waals surface area contributed by atoms with E-state index in [1.165, 1.54) is 20.4 Å². The molecular weight excluding hydrogens is 374 g/mol. The predicted octanol–water partition coefficient (Wildman–Crippen LogP) is 2.94. The van der Waals surface area contributed by atoms with Crippen LogP contribution in [0.1, 0.15) is 25.7 Å². The molecule has 146 valence electrons. The number of halogens is 1. The largest absolute Gasteiger partial charge is 0.495 e. The smallest absolute Gasteiger partial charge is 0.303 e. The van der Waals surface area contributed by atoms with Gasteiger partial charge in [0.25, 0.3) is 5.91 Å². The van der Waals surface area contributed by atoms with Crippen molar-refractivity contribution in [2.24, 2.45) is 0 Å². The van der Waals surface area contributed by atoms with E-state index in [-0.39, 0.29) is 12.0 Å². The van der Waals surface area contributed by atoms with Crippen LogP contribution in [0.25, 0.3) is 0 Å². The summed E-state index contributed by atoms with van der Waals surface area (Å²) in [6.45, 7) is 0.357. The van der Waals surface area contributed by atoms with Crippen LogP contribution >= 0.6 is 11.6 Å². The number of anilines is 1. The molecule has 0 bridgehead atoms. The van der Waals surface area contributed by atoms with Gasteiger partial charge in [-0.2, -0.15) is 5.26 Å². The zero-order chi connectivity index (χ0) is 20.2. The Morgan fingerprint density at radius 3 is 2.52 bits per heavy atom. The average Bonchev–Trinajstić information content (AvgIpc) is 2.65. The highest BCUT2D eigenvalue weighted by molar-refractivity contribution is 6.32. The number of hydrogen-bond acceptors (Lipinski definition) is 6. The van der Waals surface area contributed by atoms with E-state index in [1.54, 1.807) is 12.1 Å². The summed E-state index contributed by atoms with van der Waals surface area (Å²) >= 11 is 6.03. The first-order chi connectivity index (χ1) is 12.9. The van der Waals surface area contributed by atoms with Crippen molar-refractivity contribution in [2.75, 3.05) is 26.1 Å². The molecule has 1 aromatic carbocycles. The molecule has 0 atom stereocenters. The molecule has 0 saturated heterocycles. The van der Waals surface area contributed by atoms with E-state index in [2.05, 4.69) is 10.6 Å². The quantitative estimate of drug-likeness (QED) is 0.299. The number of carbonyl (C=O) groups is 2. The molecule has 27 heavy (non-hydrogen) atoms. The second kappa shape index (κ2) is 11.6. The van der Waals surface area contributed by atoms with Crippen LogP contribution in [0.2, 0.25) is 5.02 Å². The highest BCUT2D eigenvalue weighted by Crippen LogP contribution is 2.35. The van der Waals surface area contributed by atoms with E-state index in [1.807, 2.05) is 6.07 Å². The third-order valence-corrected chi connectivity index (χ3v) is 3.86. The maximum Gasteiger partial charge on any atom is 0.303 e. The third-order valence-electron chi connectivity index (χ3n) is 3.56. The van der Waals surface area contributed by atoms with Crippen molar-refractivity contribution in [1.29, 1.82) is 5.26 Å². The molecule has 1 amide bonds. The Labute approximate surface area is 162 Å². The lowest BCUT2D eigenvalue weighted by atomic mass is 10.2. The topological polar surface area (TPSA) is 121 Å². The van der Waals surface area contributed by atoms with Crippen molar-refractivity contribution >= 4 is 29.2 Å². The lowest BCUT2D eigenvalue weighted by Crippen LogP contribution is -2.26. The maximum absolute atomic E-state index is 12.1. The Hall–Kier alpha value is -2.92. The van der Waals surface area contributed by atoms with Crippen LogP contribution in [0, 0.1) is 11.3 Å². The van der Waals surface area contributed by atoms with E-state index in [0.717, 1.165) is 0 Å². The van der Waals surface area contributed by atoms with Crippen molar-refractivity contribution in [3.8, 4) is 17.6 Å². The van der Waals surface area contributed by atoms with Crippen LogP contribution in [-0.2, 0) is 9.59 Å². The zero-order valence-corrected chi connectivity index (χ0v) is 15.9. The minimum atomic E-state index is -0.839. The van der Waals surface area contributed by atoms with Crippen LogP contribution in [0.4, 0.5) is 5.69 Å². The Bertz CT molecular complexity index is 743. The Morgan fingerprint density at radius 1 is 1.22 bits per heavy atom. The lowest BCUT2D eigenvalue weighted by Gasteiger charge is -2.12. The molecule has 0 spiro atoms. The monoisotopic (exact) mass is 395 g/mol. The van der Waals surface area contributed by atoms with E-state index in [4.69, 9.17) is 26.2 Å². The second-order valence-corrected chi connectivity index (χ2v) is 5.87. The lowest BCUT2D eigenvalue weighted by molar-refractivity contribution is -0.137. The summed E-state index contributed by atoms with van der Waals surface area (Å²) in [7, 11) is 2.94. The molecule has 0 aromatic heterocycles. The number of carbonyl (C=O) groups excluding carboxylic acids is 1.